The Kier molecular flexibility index (Phi) is 8.08. The van der Waals surface area contributed by atoms with Gasteiger partial charge < -0.3 is 23.7 Å². The summed E-state index contributed by atoms with van der Waals surface area (Å²) in [4.78, 5) is 0. The van der Waals surface area contributed by atoms with Crippen LogP contribution in [-0.4, -0.2) is 51.7 Å². The number of methoxy groups -OCH3 is 1. The molecule has 0 aromatic carbocycles. The molecule has 0 bridgehead atoms. The van der Waals surface area contributed by atoms with Crippen LogP contribution in [0.3, 0.4) is 0 Å². The summed E-state index contributed by atoms with van der Waals surface area (Å²) in [6.07, 6.45) is 3.11. The fourth-order valence-corrected chi connectivity index (χ4v) is 2.76. The number of ether oxygens (including phenoxy) is 5. The van der Waals surface area contributed by atoms with Crippen LogP contribution < -0.4 is 0 Å². The zero-order chi connectivity index (χ0) is 16.7. The first-order chi connectivity index (χ1) is 10.6. The van der Waals surface area contributed by atoms with E-state index in [4.69, 9.17) is 27.9 Å². The maximum atomic E-state index is 5.82. The van der Waals surface area contributed by atoms with Crippen molar-refractivity contribution in [2.45, 2.75) is 52.5 Å². The molecule has 0 aromatic rings. The van der Waals surface area contributed by atoms with E-state index in [0.717, 1.165) is 0 Å². The summed E-state index contributed by atoms with van der Waals surface area (Å²) in [6, 6.07) is 0. The normalized spacial score (nSPS) is 38.5. The minimum atomic E-state index is -0.953. The lowest BCUT2D eigenvalue weighted by molar-refractivity contribution is -0.449. The first kappa shape index (κ1) is 20.2. The molecule has 2 saturated heterocycles. The fraction of sp³-hybridized carbons (Fsp3) is 1.00. The molecular weight excluding hydrogens is 308 g/mol. The monoisotopic (exact) mass is 338 g/mol. The summed E-state index contributed by atoms with van der Waals surface area (Å²) in [7, 11) is 1.59. The molecule has 2 rings (SSSR count). The third-order valence-corrected chi connectivity index (χ3v) is 4.20. The molecule has 0 aromatic heterocycles. The lowest BCUT2D eigenvalue weighted by Gasteiger charge is -2.49. The zero-order valence-electron chi connectivity index (χ0n) is 14.6. The first-order valence-corrected chi connectivity index (χ1v) is 9.05. The van der Waals surface area contributed by atoms with Gasteiger partial charge in [0.15, 0.2) is 0 Å². The smallest absolute Gasteiger partial charge is 0.293 e. The Hall–Kier alpha value is 0.110. The zero-order valence-corrected chi connectivity index (χ0v) is 15.4. The SMILES string of the molecule is CC.CCC1(OC)OCC2(CO1)COC(CC)(OSC)OC2. The summed E-state index contributed by atoms with van der Waals surface area (Å²) in [5, 5.41) is 0. The van der Waals surface area contributed by atoms with E-state index in [9.17, 15) is 0 Å². The molecule has 22 heavy (non-hydrogen) atoms. The lowest BCUT2D eigenvalue weighted by atomic mass is 9.90. The van der Waals surface area contributed by atoms with Crippen LogP contribution in [0.2, 0.25) is 0 Å². The Morgan fingerprint density at radius 3 is 1.59 bits per heavy atom. The van der Waals surface area contributed by atoms with E-state index in [1.54, 1.807) is 7.11 Å². The first-order valence-electron chi connectivity index (χ1n) is 7.90. The Labute approximate surface area is 138 Å². The van der Waals surface area contributed by atoms with Crippen LogP contribution in [0.25, 0.3) is 0 Å². The highest BCUT2D eigenvalue weighted by atomic mass is 32.2. The maximum Gasteiger partial charge on any atom is 0.293 e. The van der Waals surface area contributed by atoms with Gasteiger partial charge in [0.1, 0.15) is 0 Å². The van der Waals surface area contributed by atoms with E-state index < -0.39 is 11.9 Å². The summed E-state index contributed by atoms with van der Waals surface area (Å²) < 4.78 is 34.0. The Bertz CT molecular complexity index is 301. The Morgan fingerprint density at radius 2 is 1.27 bits per heavy atom. The highest BCUT2D eigenvalue weighted by Gasteiger charge is 2.51. The van der Waals surface area contributed by atoms with Gasteiger partial charge in [-0.2, -0.15) is 0 Å². The number of hydrogen-bond acceptors (Lipinski definition) is 7. The molecule has 7 heteroatoms. The van der Waals surface area contributed by atoms with Gasteiger partial charge in [0.25, 0.3) is 11.9 Å². The summed E-state index contributed by atoms with van der Waals surface area (Å²) in [5.74, 6) is -1.88. The molecule has 0 unspecified atom stereocenters. The van der Waals surface area contributed by atoms with E-state index in [1.165, 1.54) is 12.0 Å². The molecule has 0 aliphatic carbocycles. The van der Waals surface area contributed by atoms with Crippen LogP contribution in [0, 0.1) is 5.41 Å². The van der Waals surface area contributed by atoms with Crippen LogP contribution in [0.5, 0.6) is 0 Å². The highest BCUT2D eigenvalue weighted by molar-refractivity contribution is 7.93. The maximum absolute atomic E-state index is 5.82. The predicted octanol–water partition coefficient (Wildman–Crippen LogP) is 3.16. The predicted molar refractivity (Wildman–Crippen MR) is 85.2 cm³/mol. The molecule has 2 aliphatic rings. The molecule has 2 heterocycles. The third kappa shape index (κ3) is 4.35. The van der Waals surface area contributed by atoms with Crippen molar-refractivity contribution in [3.05, 3.63) is 0 Å². The van der Waals surface area contributed by atoms with E-state index >= 15 is 0 Å². The largest absolute Gasteiger partial charge is 0.331 e. The molecule has 2 aliphatic heterocycles. The van der Waals surface area contributed by atoms with Gasteiger partial charge in [-0.1, -0.05) is 27.7 Å². The van der Waals surface area contributed by atoms with Crippen molar-refractivity contribution in [3.8, 4) is 0 Å². The second-order valence-corrected chi connectivity index (χ2v) is 5.68. The second kappa shape index (κ2) is 8.82. The van der Waals surface area contributed by atoms with Crippen molar-refractivity contribution in [3.63, 3.8) is 0 Å². The fourth-order valence-electron chi connectivity index (χ4n) is 2.29. The van der Waals surface area contributed by atoms with Crippen LogP contribution in [-0.2, 0) is 27.9 Å². The Balaban J connectivity index is 0.00000116. The molecule has 6 nitrogen and oxygen atoms in total. The van der Waals surface area contributed by atoms with E-state index in [-0.39, 0.29) is 5.41 Å². The molecule has 0 amide bonds. The molecule has 1 spiro atoms. The molecule has 132 valence electrons. The van der Waals surface area contributed by atoms with Gasteiger partial charge in [0.05, 0.1) is 31.8 Å². The van der Waals surface area contributed by atoms with Crippen LogP contribution in [0.1, 0.15) is 40.5 Å². The van der Waals surface area contributed by atoms with E-state index in [1.807, 2.05) is 34.0 Å². The quantitative estimate of drug-likeness (QED) is 0.714. The average Bonchev–Trinajstić information content (AvgIpc) is 2.60. The summed E-state index contributed by atoms with van der Waals surface area (Å²) >= 11 is 1.24. The molecule has 0 atom stereocenters. The van der Waals surface area contributed by atoms with Crippen LogP contribution in [0.15, 0.2) is 0 Å². The molecule has 0 radical (unpaired) electrons. The van der Waals surface area contributed by atoms with Gasteiger partial charge in [-0.25, -0.2) is 0 Å². The van der Waals surface area contributed by atoms with Crippen LogP contribution in [0.4, 0.5) is 0 Å². The topological polar surface area (TPSA) is 55.4 Å². The van der Waals surface area contributed by atoms with Gasteiger partial charge in [-0.3, -0.25) is 4.18 Å². The summed E-state index contributed by atoms with van der Waals surface area (Å²) in [6.45, 7) is 9.84. The lowest BCUT2D eigenvalue weighted by Crippen LogP contribution is -2.59. The molecule has 0 N–H and O–H groups in total. The second-order valence-electron chi connectivity index (χ2n) is 5.18. The van der Waals surface area contributed by atoms with Crippen molar-refractivity contribution >= 4 is 12.0 Å². The average molecular weight is 338 g/mol. The van der Waals surface area contributed by atoms with E-state index in [0.29, 0.717) is 39.3 Å². The highest BCUT2D eigenvalue weighted by Crippen LogP contribution is 2.39. The standard InChI is InChI=1S/C13H24O6S.C2H6/c1-5-12(14-3)15-7-11(8-16-12)9-17-13(6-2,18-10-11)19-20-4;1-2/h5-10H2,1-4H3;1-2H3. The van der Waals surface area contributed by atoms with Crippen molar-refractivity contribution in [2.75, 3.05) is 39.8 Å². The van der Waals surface area contributed by atoms with Gasteiger partial charge in [0.2, 0.25) is 0 Å². The van der Waals surface area contributed by atoms with Crippen molar-refractivity contribution in [2.24, 2.45) is 5.41 Å². The third-order valence-electron chi connectivity index (χ3n) is 3.78. The van der Waals surface area contributed by atoms with Crippen molar-refractivity contribution in [1.82, 2.24) is 0 Å². The van der Waals surface area contributed by atoms with Gasteiger partial charge in [0, 0.05) is 26.2 Å². The minimum absolute atomic E-state index is 0.294. The Morgan fingerprint density at radius 1 is 0.864 bits per heavy atom. The van der Waals surface area contributed by atoms with Gasteiger partial charge >= 0.3 is 0 Å². The molecular formula is C15H30O6S. The van der Waals surface area contributed by atoms with E-state index in [2.05, 4.69) is 0 Å². The number of hydrogen-bond donors (Lipinski definition) is 0. The van der Waals surface area contributed by atoms with Crippen molar-refractivity contribution < 1.29 is 27.9 Å². The number of rotatable bonds is 5. The minimum Gasteiger partial charge on any atom is -0.331 e. The van der Waals surface area contributed by atoms with Gasteiger partial charge in [-0.15, -0.1) is 0 Å². The van der Waals surface area contributed by atoms with Gasteiger partial charge in [-0.05, 0) is 12.0 Å². The molecule has 2 fully saturated rings. The van der Waals surface area contributed by atoms with Crippen LogP contribution >= 0.6 is 12.0 Å². The summed E-state index contributed by atoms with van der Waals surface area (Å²) in [5.41, 5.74) is -0.294. The van der Waals surface area contributed by atoms with Crippen molar-refractivity contribution in [1.29, 1.82) is 0 Å². The molecule has 0 saturated carbocycles.